The second kappa shape index (κ2) is 8.15. The third-order valence-corrected chi connectivity index (χ3v) is 3.58. The highest BCUT2D eigenvalue weighted by atomic mass is 16.5. The molecule has 2 unspecified atom stereocenters. The van der Waals surface area contributed by atoms with Crippen LogP contribution in [0.1, 0.15) is 39.5 Å². The monoisotopic (exact) mass is 271 g/mol. The van der Waals surface area contributed by atoms with Crippen molar-refractivity contribution in [3.8, 4) is 0 Å². The Morgan fingerprint density at radius 1 is 1.37 bits per heavy atom. The van der Waals surface area contributed by atoms with E-state index in [-0.39, 0.29) is 23.9 Å². The number of likely N-dealkylation sites (tertiary alicyclic amines) is 1. The maximum absolute atomic E-state index is 11.7. The minimum absolute atomic E-state index is 0.154. The summed E-state index contributed by atoms with van der Waals surface area (Å²) in [6.45, 7) is 5.69. The summed E-state index contributed by atoms with van der Waals surface area (Å²) in [4.78, 5) is 25.3. The van der Waals surface area contributed by atoms with Crippen LogP contribution in [0, 0.1) is 5.92 Å². The first-order valence-electron chi connectivity index (χ1n) is 7.06. The van der Waals surface area contributed by atoms with Crippen molar-refractivity contribution in [2.75, 3.05) is 26.8 Å². The van der Waals surface area contributed by atoms with Crippen LogP contribution in [0.3, 0.4) is 0 Å². The number of ether oxygens (including phenoxy) is 2. The molecule has 5 heteroatoms. The molecule has 0 aromatic carbocycles. The lowest BCUT2D eigenvalue weighted by Crippen LogP contribution is -2.44. The van der Waals surface area contributed by atoms with Crippen LogP contribution in [0.2, 0.25) is 0 Å². The van der Waals surface area contributed by atoms with Gasteiger partial charge in [0.25, 0.3) is 0 Å². The van der Waals surface area contributed by atoms with Gasteiger partial charge in [-0.05, 0) is 26.3 Å². The molecule has 0 aromatic rings. The fourth-order valence-corrected chi connectivity index (χ4v) is 2.52. The molecule has 19 heavy (non-hydrogen) atoms. The van der Waals surface area contributed by atoms with Gasteiger partial charge in [0.1, 0.15) is 0 Å². The highest BCUT2D eigenvalue weighted by molar-refractivity contribution is 5.72. The van der Waals surface area contributed by atoms with Gasteiger partial charge in [0.05, 0.1) is 26.1 Å². The Morgan fingerprint density at radius 2 is 2.11 bits per heavy atom. The van der Waals surface area contributed by atoms with Crippen LogP contribution in [0.4, 0.5) is 0 Å². The summed E-state index contributed by atoms with van der Waals surface area (Å²) < 4.78 is 9.76. The van der Waals surface area contributed by atoms with E-state index in [2.05, 4.69) is 4.90 Å². The SMILES string of the molecule is CCOC(=O)C(C)CN1CCCCC1CC(=O)OC. The molecule has 1 fully saturated rings. The number of hydrogen-bond acceptors (Lipinski definition) is 5. The second-order valence-electron chi connectivity index (χ2n) is 5.08. The lowest BCUT2D eigenvalue weighted by atomic mass is 9.97. The van der Waals surface area contributed by atoms with Crippen LogP contribution in [-0.2, 0) is 19.1 Å². The summed E-state index contributed by atoms with van der Waals surface area (Å²) in [6, 6.07) is 0.193. The maximum Gasteiger partial charge on any atom is 0.309 e. The standard InChI is InChI=1S/C14H25NO4/c1-4-19-14(17)11(2)10-15-8-6-5-7-12(15)9-13(16)18-3/h11-12H,4-10H2,1-3H3. The molecule has 0 saturated carbocycles. The molecule has 0 N–H and O–H groups in total. The molecule has 5 nitrogen and oxygen atoms in total. The van der Waals surface area contributed by atoms with E-state index in [1.807, 2.05) is 13.8 Å². The third-order valence-electron chi connectivity index (χ3n) is 3.58. The van der Waals surface area contributed by atoms with Crippen LogP contribution in [-0.4, -0.2) is 49.7 Å². The zero-order valence-electron chi connectivity index (χ0n) is 12.2. The van der Waals surface area contributed by atoms with Gasteiger partial charge >= 0.3 is 11.9 Å². The lowest BCUT2D eigenvalue weighted by molar-refractivity contribution is -0.148. The van der Waals surface area contributed by atoms with E-state index in [1.54, 1.807) is 0 Å². The minimum atomic E-state index is -0.180. The number of esters is 2. The molecule has 1 saturated heterocycles. The number of rotatable bonds is 6. The van der Waals surface area contributed by atoms with Crippen molar-refractivity contribution in [2.24, 2.45) is 5.92 Å². The Balaban J connectivity index is 2.52. The van der Waals surface area contributed by atoms with Gasteiger partial charge in [-0.25, -0.2) is 0 Å². The zero-order chi connectivity index (χ0) is 14.3. The molecule has 0 amide bonds. The quantitative estimate of drug-likeness (QED) is 0.687. The van der Waals surface area contributed by atoms with Crippen molar-refractivity contribution >= 4 is 11.9 Å². The molecule has 0 spiro atoms. The van der Waals surface area contributed by atoms with Crippen LogP contribution in [0.15, 0.2) is 0 Å². The van der Waals surface area contributed by atoms with E-state index in [0.29, 0.717) is 19.6 Å². The number of carbonyl (C=O) groups excluding carboxylic acids is 2. The van der Waals surface area contributed by atoms with E-state index in [4.69, 9.17) is 9.47 Å². The fraction of sp³-hybridized carbons (Fsp3) is 0.857. The predicted molar refractivity (Wildman–Crippen MR) is 71.6 cm³/mol. The predicted octanol–water partition coefficient (Wildman–Crippen LogP) is 1.60. The third kappa shape index (κ3) is 5.19. The molecule has 110 valence electrons. The summed E-state index contributed by atoms with van der Waals surface area (Å²) in [6.07, 6.45) is 3.65. The Bertz CT molecular complexity index is 306. The van der Waals surface area contributed by atoms with Gasteiger partial charge in [-0.1, -0.05) is 13.3 Å². The van der Waals surface area contributed by atoms with Crippen molar-refractivity contribution in [3.63, 3.8) is 0 Å². The summed E-state index contributed by atoms with van der Waals surface area (Å²) in [5.41, 5.74) is 0. The molecule has 1 rings (SSSR count). The largest absolute Gasteiger partial charge is 0.469 e. The lowest BCUT2D eigenvalue weighted by Gasteiger charge is -2.36. The first-order valence-corrected chi connectivity index (χ1v) is 7.06. The van der Waals surface area contributed by atoms with E-state index < -0.39 is 0 Å². The van der Waals surface area contributed by atoms with E-state index in [9.17, 15) is 9.59 Å². The average molecular weight is 271 g/mol. The summed E-state index contributed by atoms with van der Waals surface area (Å²) in [5.74, 6) is -0.497. The Kier molecular flexibility index (Phi) is 6.84. The zero-order valence-corrected chi connectivity index (χ0v) is 12.2. The van der Waals surface area contributed by atoms with E-state index >= 15 is 0 Å². The number of hydrogen-bond donors (Lipinski definition) is 0. The van der Waals surface area contributed by atoms with Crippen molar-refractivity contribution in [2.45, 2.75) is 45.6 Å². The van der Waals surface area contributed by atoms with E-state index in [1.165, 1.54) is 7.11 Å². The summed E-state index contributed by atoms with van der Waals surface area (Å²) >= 11 is 0. The van der Waals surface area contributed by atoms with Crippen molar-refractivity contribution in [1.82, 2.24) is 4.90 Å². The minimum Gasteiger partial charge on any atom is -0.469 e. The van der Waals surface area contributed by atoms with Gasteiger partial charge in [0, 0.05) is 12.6 Å². The topological polar surface area (TPSA) is 55.8 Å². The van der Waals surface area contributed by atoms with Crippen molar-refractivity contribution in [3.05, 3.63) is 0 Å². The Morgan fingerprint density at radius 3 is 2.74 bits per heavy atom. The maximum atomic E-state index is 11.7. The second-order valence-corrected chi connectivity index (χ2v) is 5.08. The first kappa shape index (κ1) is 16.0. The molecule has 0 radical (unpaired) electrons. The molecule has 2 atom stereocenters. The highest BCUT2D eigenvalue weighted by Crippen LogP contribution is 2.21. The number of piperidine rings is 1. The van der Waals surface area contributed by atoms with Crippen LogP contribution in [0.5, 0.6) is 0 Å². The van der Waals surface area contributed by atoms with Crippen LogP contribution >= 0.6 is 0 Å². The number of nitrogens with zero attached hydrogens (tertiary/aromatic N) is 1. The van der Waals surface area contributed by atoms with E-state index in [0.717, 1.165) is 25.8 Å². The van der Waals surface area contributed by atoms with Crippen molar-refractivity contribution in [1.29, 1.82) is 0 Å². The highest BCUT2D eigenvalue weighted by Gasteiger charge is 2.28. The van der Waals surface area contributed by atoms with Gasteiger partial charge in [-0.3, -0.25) is 14.5 Å². The summed E-state index contributed by atoms with van der Waals surface area (Å²) in [7, 11) is 1.41. The summed E-state index contributed by atoms with van der Waals surface area (Å²) in [5, 5.41) is 0. The molecule has 0 aromatic heterocycles. The Hall–Kier alpha value is -1.10. The van der Waals surface area contributed by atoms with Gasteiger partial charge in [-0.2, -0.15) is 0 Å². The number of methoxy groups -OCH3 is 1. The molecule has 1 heterocycles. The van der Waals surface area contributed by atoms with Crippen molar-refractivity contribution < 1.29 is 19.1 Å². The normalized spacial score (nSPS) is 21.7. The fourth-order valence-electron chi connectivity index (χ4n) is 2.52. The molecular formula is C14H25NO4. The smallest absolute Gasteiger partial charge is 0.309 e. The molecule has 0 bridgehead atoms. The number of carbonyl (C=O) groups is 2. The van der Waals surface area contributed by atoms with Gasteiger partial charge < -0.3 is 9.47 Å². The molecule has 0 aliphatic carbocycles. The molecule has 1 aliphatic heterocycles. The van der Waals surface area contributed by atoms with Crippen LogP contribution in [0.25, 0.3) is 0 Å². The average Bonchev–Trinajstić information content (AvgIpc) is 2.41. The molecule has 1 aliphatic rings. The Labute approximate surface area is 115 Å². The molecular weight excluding hydrogens is 246 g/mol. The van der Waals surface area contributed by atoms with Crippen LogP contribution < -0.4 is 0 Å². The van der Waals surface area contributed by atoms with Gasteiger partial charge in [0.2, 0.25) is 0 Å². The van der Waals surface area contributed by atoms with Gasteiger partial charge in [0.15, 0.2) is 0 Å². The van der Waals surface area contributed by atoms with Gasteiger partial charge in [-0.15, -0.1) is 0 Å². The first-order chi connectivity index (χ1) is 9.08.